The van der Waals surface area contributed by atoms with Gasteiger partial charge in [0.05, 0.1) is 5.39 Å². The lowest BCUT2D eigenvalue weighted by molar-refractivity contribution is 0.363. The Labute approximate surface area is 177 Å². The maximum Gasteiger partial charge on any atom is 0.263 e. The summed E-state index contributed by atoms with van der Waals surface area (Å²) < 4.78 is 6.96. The Hall–Kier alpha value is -3.62. The molecule has 4 aromatic rings. The molecule has 9 nitrogen and oxygen atoms in total. The van der Waals surface area contributed by atoms with E-state index in [0.717, 1.165) is 30.3 Å². The highest BCUT2D eigenvalue weighted by Gasteiger charge is 2.58. The number of aromatic nitrogens is 6. The van der Waals surface area contributed by atoms with E-state index in [9.17, 15) is 4.79 Å². The van der Waals surface area contributed by atoms with Gasteiger partial charge >= 0.3 is 0 Å². The lowest BCUT2D eigenvalue weighted by Gasteiger charge is -2.20. The van der Waals surface area contributed by atoms with Crippen molar-refractivity contribution in [3.8, 4) is 0 Å². The summed E-state index contributed by atoms with van der Waals surface area (Å²) in [6.07, 6.45) is 5.00. The minimum absolute atomic E-state index is 0.153. The van der Waals surface area contributed by atoms with E-state index < -0.39 is 0 Å². The van der Waals surface area contributed by atoms with E-state index in [2.05, 4.69) is 43.0 Å². The Morgan fingerprint density at radius 2 is 1.90 bits per heavy atom. The summed E-state index contributed by atoms with van der Waals surface area (Å²) in [4.78, 5) is 32.7. The van der Waals surface area contributed by atoms with Crippen molar-refractivity contribution in [2.45, 2.75) is 26.3 Å². The molecule has 31 heavy (non-hydrogen) atoms. The van der Waals surface area contributed by atoms with Gasteiger partial charge in [0.15, 0.2) is 11.5 Å². The summed E-state index contributed by atoms with van der Waals surface area (Å²) in [6, 6.07) is 5.94. The number of pyridine rings is 2. The van der Waals surface area contributed by atoms with Gasteiger partial charge in [-0.25, -0.2) is 15.0 Å². The van der Waals surface area contributed by atoms with Gasteiger partial charge in [-0.15, -0.1) is 0 Å². The van der Waals surface area contributed by atoms with Crippen LogP contribution >= 0.6 is 0 Å². The zero-order chi connectivity index (χ0) is 21.1. The van der Waals surface area contributed by atoms with Crippen molar-refractivity contribution >= 4 is 16.9 Å². The van der Waals surface area contributed by atoms with E-state index in [0.29, 0.717) is 34.7 Å². The molecular formula is C22H21N7O2. The Bertz CT molecular complexity index is 1350. The molecule has 5 heterocycles. The van der Waals surface area contributed by atoms with Crippen molar-refractivity contribution in [3.05, 3.63) is 70.1 Å². The number of nitrogens with zero attached hydrogens (tertiary/aromatic N) is 7. The fourth-order valence-corrected chi connectivity index (χ4v) is 4.74. The lowest BCUT2D eigenvalue weighted by Crippen LogP contribution is -2.24. The first-order valence-electron chi connectivity index (χ1n) is 10.4. The molecule has 4 aromatic heterocycles. The zero-order valence-electron chi connectivity index (χ0n) is 17.3. The fourth-order valence-electron chi connectivity index (χ4n) is 4.74. The molecule has 2 aliphatic rings. The minimum atomic E-state index is -0.153. The maximum atomic E-state index is 12.8. The molecule has 0 bridgehead atoms. The van der Waals surface area contributed by atoms with Gasteiger partial charge in [-0.3, -0.25) is 9.36 Å². The maximum absolute atomic E-state index is 12.8. The van der Waals surface area contributed by atoms with Crippen LogP contribution in [0.15, 0.2) is 46.2 Å². The van der Waals surface area contributed by atoms with Gasteiger partial charge in [0.25, 0.3) is 5.56 Å². The number of rotatable bonds is 4. The van der Waals surface area contributed by atoms with Crippen LogP contribution in [0.2, 0.25) is 0 Å². The van der Waals surface area contributed by atoms with E-state index >= 15 is 0 Å². The fraction of sp³-hybridized carbons (Fsp3) is 0.364. The van der Waals surface area contributed by atoms with Gasteiger partial charge in [-0.1, -0.05) is 5.16 Å². The van der Waals surface area contributed by atoms with Crippen molar-refractivity contribution in [2.24, 2.45) is 11.8 Å². The molecule has 0 spiro atoms. The van der Waals surface area contributed by atoms with Gasteiger partial charge in [0, 0.05) is 31.4 Å². The molecule has 3 atom stereocenters. The predicted molar refractivity (Wildman–Crippen MR) is 113 cm³/mol. The van der Waals surface area contributed by atoms with Gasteiger partial charge in [-0.2, -0.15) is 4.98 Å². The molecule has 9 heteroatoms. The van der Waals surface area contributed by atoms with E-state index in [1.807, 2.05) is 25.3 Å². The van der Waals surface area contributed by atoms with Gasteiger partial charge in [0.2, 0.25) is 5.89 Å². The second kappa shape index (κ2) is 6.69. The van der Waals surface area contributed by atoms with Crippen LogP contribution in [0.1, 0.15) is 28.8 Å². The summed E-state index contributed by atoms with van der Waals surface area (Å²) in [5.74, 6) is 3.55. The molecule has 1 saturated carbocycles. The Kier molecular flexibility index (Phi) is 3.92. The van der Waals surface area contributed by atoms with Gasteiger partial charge < -0.3 is 9.42 Å². The normalized spacial score (nSPS) is 22.1. The first-order chi connectivity index (χ1) is 15.1. The molecule has 1 unspecified atom stereocenters. The summed E-state index contributed by atoms with van der Waals surface area (Å²) >= 11 is 0. The zero-order valence-corrected chi connectivity index (χ0v) is 17.3. The first-order valence-corrected chi connectivity index (χ1v) is 10.4. The standard InChI is InChI=1S/C22H21N7O2/c1-12-3-5-23-16(7-12)28-8-14-15(9-28)19(14)21-26-17(31-27-21)10-29-11-25-20-18(22(29)30)13(2)4-6-24-20/h3-7,11,14-15,19H,8-10H2,1-2H3/t14-,15+,19?. The van der Waals surface area contributed by atoms with Crippen LogP contribution in [0, 0.1) is 25.7 Å². The Morgan fingerprint density at radius 1 is 1.10 bits per heavy atom. The highest BCUT2D eigenvalue weighted by molar-refractivity contribution is 5.76. The predicted octanol–water partition coefficient (Wildman–Crippen LogP) is 2.08. The third-order valence-electron chi connectivity index (χ3n) is 6.44. The Morgan fingerprint density at radius 3 is 2.71 bits per heavy atom. The average Bonchev–Trinajstić information content (AvgIpc) is 3.09. The minimum Gasteiger partial charge on any atom is -0.356 e. The molecule has 2 fully saturated rings. The van der Waals surface area contributed by atoms with Crippen LogP contribution in [0.3, 0.4) is 0 Å². The summed E-state index contributed by atoms with van der Waals surface area (Å²) in [5, 5.41) is 4.73. The largest absolute Gasteiger partial charge is 0.356 e. The first kappa shape index (κ1) is 18.2. The number of piperidine rings is 1. The molecule has 0 N–H and O–H groups in total. The van der Waals surface area contributed by atoms with Crippen LogP contribution in [0.5, 0.6) is 0 Å². The molecule has 1 saturated heterocycles. The van der Waals surface area contributed by atoms with Crippen LogP contribution in [0.25, 0.3) is 11.0 Å². The van der Waals surface area contributed by atoms with Gasteiger partial charge in [-0.05, 0) is 55.0 Å². The molecule has 0 aromatic carbocycles. The van der Waals surface area contributed by atoms with Crippen LogP contribution < -0.4 is 10.5 Å². The molecule has 0 radical (unpaired) electrons. The van der Waals surface area contributed by atoms with E-state index in [1.165, 1.54) is 16.5 Å². The van der Waals surface area contributed by atoms with Gasteiger partial charge in [0.1, 0.15) is 18.7 Å². The number of aryl methyl sites for hydroxylation is 2. The number of hydrogen-bond acceptors (Lipinski definition) is 8. The molecule has 6 rings (SSSR count). The van der Waals surface area contributed by atoms with Crippen LogP contribution in [0.4, 0.5) is 5.82 Å². The van der Waals surface area contributed by atoms with Crippen molar-refractivity contribution in [2.75, 3.05) is 18.0 Å². The number of hydrogen-bond donors (Lipinski definition) is 0. The Balaban J connectivity index is 1.18. The second-order valence-electron chi connectivity index (χ2n) is 8.50. The summed E-state index contributed by atoms with van der Waals surface area (Å²) in [7, 11) is 0. The average molecular weight is 415 g/mol. The quantitative estimate of drug-likeness (QED) is 0.499. The highest BCUT2D eigenvalue weighted by Crippen LogP contribution is 2.57. The number of anilines is 1. The topological polar surface area (TPSA) is 103 Å². The SMILES string of the molecule is Cc1ccnc(N2C[C@@H]3C(c4noc(Cn5cnc6nccc(C)c6c5=O)n4)[C@@H]3C2)c1. The van der Waals surface area contributed by atoms with Crippen LogP contribution in [-0.4, -0.2) is 42.7 Å². The van der Waals surface area contributed by atoms with E-state index in [1.54, 1.807) is 6.20 Å². The monoisotopic (exact) mass is 415 g/mol. The smallest absolute Gasteiger partial charge is 0.263 e. The summed E-state index contributed by atoms with van der Waals surface area (Å²) in [5.41, 5.74) is 2.36. The van der Waals surface area contributed by atoms with Crippen molar-refractivity contribution in [3.63, 3.8) is 0 Å². The molecular weight excluding hydrogens is 394 g/mol. The summed E-state index contributed by atoms with van der Waals surface area (Å²) in [6.45, 7) is 6.07. The van der Waals surface area contributed by atoms with E-state index in [4.69, 9.17) is 4.52 Å². The third-order valence-corrected chi connectivity index (χ3v) is 6.44. The molecule has 156 valence electrons. The highest BCUT2D eigenvalue weighted by atomic mass is 16.5. The number of fused-ring (bicyclic) bond motifs is 2. The second-order valence-corrected chi connectivity index (χ2v) is 8.50. The molecule has 0 amide bonds. The van der Waals surface area contributed by atoms with Crippen LogP contribution in [-0.2, 0) is 6.54 Å². The lowest BCUT2D eigenvalue weighted by atomic mass is 10.2. The third kappa shape index (κ3) is 2.99. The molecule has 1 aliphatic carbocycles. The van der Waals surface area contributed by atoms with Crippen molar-refractivity contribution < 1.29 is 4.52 Å². The van der Waals surface area contributed by atoms with E-state index in [-0.39, 0.29) is 12.1 Å². The molecule has 1 aliphatic heterocycles. The van der Waals surface area contributed by atoms with Crippen molar-refractivity contribution in [1.29, 1.82) is 0 Å². The van der Waals surface area contributed by atoms with Crippen molar-refractivity contribution in [1.82, 2.24) is 29.7 Å².